The highest BCUT2D eigenvalue weighted by Crippen LogP contribution is 2.25. The molecule has 170 valence electrons. The molecule has 1 fully saturated rings. The van der Waals surface area contributed by atoms with E-state index in [1.165, 1.54) is 5.56 Å². The molecule has 7 heteroatoms. The number of carbonyl (C=O) groups is 1. The molecule has 1 aliphatic rings. The van der Waals surface area contributed by atoms with Gasteiger partial charge in [0.15, 0.2) is 0 Å². The normalized spacial score (nSPS) is 15.0. The summed E-state index contributed by atoms with van der Waals surface area (Å²) in [5.41, 5.74) is 5.89. The largest absolute Gasteiger partial charge is 0.336 e. The van der Waals surface area contributed by atoms with Crippen LogP contribution in [0.5, 0.6) is 0 Å². The van der Waals surface area contributed by atoms with E-state index in [0.29, 0.717) is 18.7 Å². The number of hydrogen-bond acceptors (Lipinski definition) is 4. The summed E-state index contributed by atoms with van der Waals surface area (Å²) in [6.07, 6.45) is 5.84. The Labute approximate surface area is 194 Å². The molecule has 4 heterocycles. The van der Waals surface area contributed by atoms with Gasteiger partial charge >= 0.3 is 0 Å². The lowest BCUT2D eigenvalue weighted by Gasteiger charge is -2.34. The van der Waals surface area contributed by atoms with Crippen LogP contribution in [0.1, 0.15) is 47.1 Å². The lowest BCUT2D eigenvalue weighted by Crippen LogP contribution is -2.48. The summed E-state index contributed by atoms with van der Waals surface area (Å²) in [6.45, 7) is 10.2. The average Bonchev–Trinajstić information content (AvgIpc) is 3.44. The molecule has 0 aliphatic carbocycles. The molecule has 0 spiro atoms. The highest BCUT2D eigenvalue weighted by Gasteiger charge is 2.27. The minimum Gasteiger partial charge on any atom is -0.336 e. The number of rotatable bonds is 5. The van der Waals surface area contributed by atoms with Crippen molar-refractivity contribution in [1.82, 2.24) is 29.0 Å². The second-order valence-electron chi connectivity index (χ2n) is 9.11. The number of amides is 1. The number of piperazine rings is 1. The SMILES string of the molecule is Cc1ccc(-n2ncc(C(=O)N3CCN(Cc4cn5ccccc5n4)CC3)c2C(C)C)cc1. The van der Waals surface area contributed by atoms with Gasteiger partial charge in [0.05, 0.1) is 28.8 Å². The summed E-state index contributed by atoms with van der Waals surface area (Å²) in [6, 6.07) is 14.3. The standard InChI is InChI=1S/C26H30N6O/c1-19(2)25-23(16-27-32(25)22-9-7-20(3)8-10-22)26(33)30-14-12-29(13-15-30)17-21-18-31-11-5-4-6-24(31)28-21/h4-11,16,18-19H,12-15,17H2,1-3H3. The molecule has 3 aromatic heterocycles. The molecular formula is C26H30N6O. The third kappa shape index (κ3) is 4.28. The maximum Gasteiger partial charge on any atom is 0.257 e. The number of carbonyl (C=O) groups excluding carboxylic acids is 1. The van der Waals surface area contributed by atoms with Gasteiger partial charge in [0.25, 0.3) is 5.91 Å². The molecule has 0 N–H and O–H groups in total. The van der Waals surface area contributed by atoms with Crippen LogP contribution in [0, 0.1) is 6.92 Å². The smallest absolute Gasteiger partial charge is 0.257 e. The number of benzene rings is 1. The second kappa shape index (κ2) is 8.83. The molecule has 5 rings (SSSR count). The summed E-state index contributed by atoms with van der Waals surface area (Å²) < 4.78 is 3.96. The maximum absolute atomic E-state index is 13.4. The highest BCUT2D eigenvalue weighted by molar-refractivity contribution is 5.95. The molecular weight excluding hydrogens is 412 g/mol. The fourth-order valence-corrected chi connectivity index (χ4v) is 4.54. The van der Waals surface area contributed by atoms with Gasteiger partial charge in [-0.05, 0) is 37.1 Å². The first-order valence-electron chi connectivity index (χ1n) is 11.6. The molecule has 1 aromatic carbocycles. The number of aromatic nitrogens is 4. The van der Waals surface area contributed by atoms with Crippen LogP contribution < -0.4 is 0 Å². The number of fused-ring (bicyclic) bond motifs is 1. The third-order valence-electron chi connectivity index (χ3n) is 6.32. The number of pyridine rings is 1. The van der Waals surface area contributed by atoms with Gasteiger partial charge in [0.2, 0.25) is 0 Å². The minimum atomic E-state index is 0.0736. The van der Waals surface area contributed by atoms with Gasteiger partial charge in [-0.3, -0.25) is 9.69 Å². The molecule has 0 saturated carbocycles. The van der Waals surface area contributed by atoms with Crippen LogP contribution in [0.2, 0.25) is 0 Å². The zero-order valence-corrected chi connectivity index (χ0v) is 19.5. The van der Waals surface area contributed by atoms with Crippen molar-refractivity contribution in [2.24, 2.45) is 0 Å². The zero-order valence-electron chi connectivity index (χ0n) is 19.5. The topological polar surface area (TPSA) is 58.7 Å². The fourth-order valence-electron chi connectivity index (χ4n) is 4.54. The zero-order chi connectivity index (χ0) is 22.9. The van der Waals surface area contributed by atoms with Crippen molar-refractivity contribution >= 4 is 11.6 Å². The van der Waals surface area contributed by atoms with Gasteiger partial charge < -0.3 is 9.30 Å². The first-order chi connectivity index (χ1) is 16.0. The van der Waals surface area contributed by atoms with Gasteiger partial charge in [-0.2, -0.15) is 5.10 Å². The van der Waals surface area contributed by atoms with E-state index in [1.807, 2.05) is 38.4 Å². The number of hydrogen-bond donors (Lipinski definition) is 0. The Morgan fingerprint density at radius 2 is 1.79 bits per heavy atom. The Balaban J connectivity index is 1.28. The van der Waals surface area contributed by atoms with Crippen LogP contribution in [0.3, 0.4) is 0 Å². The van der Waals surface area contributed by atoms with Crippen LogP contribution in [-0.2, 0) is 6.54 Å². The van der Waals surface area contributed by atoms with E-state index in [4.69, 9.17) is 4.98 Å². The summed E-state index contributed by atoms with van der Waals surface area (Å²) in [5, 5.41) is 4.59. The summed E-state index contributed by atoms with van der Waals surface area (Å²) >= 11 is 0. The molecule has 0 radical (unpaired) electrons. The van der Waals surface area contributed by atoms with Crippen molar-refractivity contribution in [2.45, 2.75) is 33.2 Å². The van der Waals surface area contributed by atoms with Gasteiger partial charge in [0.1, 0.15) is 5.65 Å². The van der Waals surface area contributed by atoms with Gasteiger partial charge in [-0.15, -0.1) is 0 Å². The van der Waals surface area contributed by atoms with Crippen molar-refractivity contribution in [3.05, 3.63) is 83.6 Å². The first kappa shape index (κ1) is 21.4. The third-order valence-corrected chi connectivity index (χ3v) is 6.32. The Bertz CT molecular complexity index is 1230. The Morgan fingerprint density at radius 1 is 1.03 bits per heavy atom. The summed E-state index contributed by atoms with van der Waals surface area (Å²) in [4.78, 5) is 22.5. The molecule has 4 aromatic rings. The lowest BCUT2D eigenvalue weighted by atomic mass is 10.0. The van der Waals surface area contributed by atoms with Crippen molar-refractivity contribution in [3.63, 3.8) is 0 Å². The molecule has 0 unspecified atom stereocenters. The molecule has 7 nitrogen and oxygen atoms in total. The van der Waals surface area contributed by atoms with Crippen LogP contribution in [0.15, 0.2) is 61.1 Å². The van der Waals surface area contributed by atoms with E-state index < -0.39 is 0 Å². The maximum atomic E-state index is 13.4. The van der Waals surface area contributed by atoms with E-state index in [-0.39, 0.29) is 11.8 Å². The monoisotopic (exact) mass is 442 g/mol. The molecule has 1 aliphatic heterocycles. The molecule has 33 heavy (non-hydrogen) atoms. The van der Waals surface area contributed by atoms with E-state index in [9.17, 15) is 4.79 Å². The van der Waals surface area contributed by atoms with E-state index in [0.717, 1.165) is 42.4 Å². The predicted octanol–water partition coefficient (Wildman–Crippen LogP) is 3.91. The van der Waals surface area contributed by atoms with Crippen molar-refractivity contribution in [2.75, 3.05) is 26.2 Å². The summed E-state index contributed by atoms with van der Waals surface area (Å²) in [5.74, 6) is 0.258. The van der Waals surface area contributed by atoms with E-state index in [2.05, 4.69) is 61.2 Å². The van der Waals surface area contributed by atoms with Gasteiger partial charge in [0, 0.05) is 45.1 Å². The Kier molecular flexibility index (Phi) is 5.72. The predicted molar refractivity (Wildman–Crippen MR) is 129 cm³/mol. The average molecular weight is 443 g/mol. The number of aryl methyl sites for hydroxylation is 1. The molecule has 1 amide bonds. The number of nitrogens with zero attached hydrogens (tertiary/aromatic N) is 6. The van der Waals surface area contributed by atoms with Crippen molar-refractivity contribution < 1.29 is 4.79 Å². The van der Waals surface area contributed by atoms with Crippen LogP contribution in [0.25, 0.3) is 11.3 Å². The summed E-state index contributed by atoms with van der Waals surface area (Å²) in [7, 11) is 0. The molecule has 1 saturated heterocycles. The Morgan fingerprint density at radius 3 is 2.48 bits per heavy atom. The highest BCUT2D eigenvalue weighted by atomic mass is 16.2. The molecule has 0 atom stereocenters. The fraction of sp³-hybridized carbons (Fsp3) is 0.346. The minimum absolute atomic E-state index is 0.0736. The molecule has 0 bridgehead atoms. The Hall–Kier alpha value is -3.45. The first-order valence-corrected chi connectivity index (χ1v) is 11.6. The lowest BCUT2D eigenvalue weighted by molar-refractivity contribution is 0.0625. The number of imidazole rings is 1. The second-order valence-corrected chi connectivity index (χ2v) is 9.11. The van der Waals surface area contributed by atoms with E-state index in [1.54, 1.807) is 6.20 Å². The quantitative estimate of drug-likeness (QED) is 0.470. The van der Waals surface area contributed by atoms with Crippen LogP contribution in [0.4, 0.5) is 0 Å². The van der Waals surface area contributed by atoms with Gasteiger partial charge in [-0.25, -0.2) is 9.67 Å². The van der Waals surface area contributed by atoms with Crippen LogP contribution >= 0.6 is 0 Å². The van der Waals surface area contributed by atoms with Gasteiger partial charge in [-0.1, -0.05) is 37.6 Å². The van der Waals surface area contributed by atoms with Crippen molar-refractivity contribution in [3.8, 4) is 5.69 Å². The van der Waals surface area contributed by atoms with Crippen LogP contribution in [-0.4, -0.2) is 61.1 Å². The van der Waals surface area contributed by atoms with Crippen molar-refractivity contribution in [1.29, 1.82) is 0 Å². The van der Waals surface area contributed by atoms with E-state index >= 15 is 0 Å².